The van der Waals surface area contributed by atoms with Gasteiger partial charge in [0.1, 0.15) is 6.04 Å². The third-order valence-corrected chi connectivity index (χ3v) is 8.20. The molecule has 172 valence electrons. The lowest BCUT2D eigenvalue weighted by molar-refractivity contribution is 0.342. The first-order chi connectivity index (χ1) is 17.3. The van der Waals surface area contributed by atoms with E-state index < -0.39 is 0 Å². The van der Waals surface area contributed by atoms with Gasteiger partial charge in [0.25, 0.3) is 11.4 Å². The van der Waals surface area contributed by atoms with Crippen LogP contribution in [-0.4, -0.2) is 20.5 Å². The fraction of sp³-hybridized carbons (Fsp3) is 0.207. The lowest BCUT2D eigenvalue weighted by atomic mass is 9.95. The van der Waals surface area contributed by atoms with E-state index in [4.69, 9.17) is 4.52 Å². The zero-order chi connectivity index (χ0) is 23.4. The first-order valence-corrected chi connectivity index (χ1v) is 13.0. The number of benzene rings is 3. The summed E-state index contributed by atoms with van der Waals surface area (Å²) in [5.74, 6) is 2.31. The van der Waals surface area contributed by atoms with Gasteiger partial charge < -0.3 is 4.52 Å². The fourth-order valence-corrected chi connectivity index (χ4v) is 6.62. The fourth-order valence-electron chi connectivity index (χ4n) is 5.20. The number of rotatable bonds is 5. The molecule has 0 N–H and O–H groups in total. The van der Waals surface area contributed by atoms with E-state index >= 15 is 0 Å². The molecule has 1 saturated carbocycles. The normalized spacial score (nSPS) is 17.1. The van der Waals surface area contributed by atoms with Crippen LogP contribution in [0, 0.1) is 0 Å². The molecule has 35 heavy (non-hydrogen) atoms. The minimum atomic E-state index is -0.239. The molecule has 3 aromatic carbocycles. The van der Waals surface area contributed by atoms with Gasteiger partial charge in [-0.25, -0.2) is 0 Å². The van der Waals surface area contributed by atoms with Gasteiger partial charge in [-0.15, -0.1) is 11.8 Å². The SMILES string of the molecule is O=c1cc(Cc2cccc3ccccc23)c(C2CC2)c2n1C(c1nc(-c3ccccc3)no1)CS2. The molecule has 0 radical (unpaired) electrons. The Bertz CT molecular complexity index is 1610. The van der Waals surface area contributed by atoms with E-state index in [0.29, 0.717) is 17.6 Å². The van der Waals surface area contributed by atoms with Gasteiger partial charge in [-0.3, -0.25) is 9.36 Å². The van der Waals surface area contributed by atoms with E-state index in [1.165, 1.54) is 34.7 Å². The van der Waals surface area contributed by atoms with Crippen LogP contribution in [0.15, 0.2) is 93.2 Å². The van der Waals surface area contributed by atoms with Gasteiger partial charge >= 0.3 is 0 Å². The van der Waals surface area contributed by atoms with Crippen molar-refractivity contribution >= 4 is 22.5 Å². The monoisotopic (exact) mass is 477 g/mol. The molecule has 1 fully saturated rings. The minimum Gasteiger partial charge on any atom is -0.337 e. The summed E-state index contributed by atoms with van der Waals surface area (Å²) in [7, 11) is 0. The molecule has 1 aliphatic heterocycles. The summed E-state index contributed by atoms with van der Waals surface area (Å²) in [4.78, 5) is 18.2. The number of hydrogen-bond acceptors (Lipinski definition) is 5. The number of fused-ring (bicyclic) bond motifs is 2. The maximum absolute atomic E-state index is 13.5. The number of thioether (sulfide) groups is 1. The second-order valence-electron chi connectivity index (χ2n) is 9.34. The molecule has 3 heterocycles. The summed E-state index contributed by atoms with van der Waals surface area (Å²) in [6.07, 6.45) is 3.12. The van der Waals surface area contributed by atoms with Crippen molar-refractivity contribution in [3.63, 3.8) is 0 Å². The Labute approximate surface area is 206 Å². The van der Waals surface area contributed by atoms with Gasteiger partial charge in [-0.2, -0.15) is 4.98 Å². The molecule has 1 unspecified atom stereocenters. The van der Waals surface area contributed by atoms with E-state index in [-0.39, 0.29) is 11.6 Å². The number of hydrogen-bond donors (Lipinski definition) is 0. The summed E-state index contributed by atoms with van der Waals surface area (Å²) in [5, 5.41) is 7.76. The second kappa shape index (κ2) is 8.24. The molecule has 2 aromatic heterocycles. The van der Waals surface area contributed by atoms with Gasteiger partial charge in [0.15, 0.2) is 0 Å². The molecular formula is C29H23N3O2S. The van der Waals surface area contributed by atoms with Crippen LogP contribution in [0.2, 0.25) is 0 Å². The molecule has 1 aliphatic carbocycles. The quantitative estimate of drug-likeness (QED) is 0.301. The van der Waals surface area contributed by atoms with Gasteiger partial charge in [0.05, 0.1) is 5.03 Å². The van der Waals surface area contributed by atoms with Crippen molar-refractivity contribution in [2.45, 2.75) is 36.2 Å². The van der Waals surface area contributed by atoms with Crippen LogP contribution in [0.25, 0.3) is 22.2 Å². The van der Waals surface area contributed by atoms with E-state index in [1.54, 1.807) is 11.8 Å². The van der Waals surface area contributed by atoms with Gasteiger partial charge in [-0.05, 0) is 52.6 Å². The van der Waals surface area contributed by atoms with Crippen LogP contribution in [0.4, 0.5) is 0 Å². The highest BCUT2D eigenvalue weighted by molar-refractivity contribution is 7.99. The molecule has 2 aliphatic rings. The van der Waals surface area contributed by atoms with Crippen LogP contribution in [-0.2, 0) is 6.42 Å². The van der Waals surface area contributed by atoms with Gasteiger partial charge in [0.2, 0.25) is 5.82 Å². The third-order valence-electron chi connectivity index (χ3n) is 7.03. The standard InChI is InChI=1S/C29H23N3O2S/c33-25-16-22(15-21-11-6-10-18-7-4-5-12-23(18)21)26(19-13-14-19)29-32(25)24(17-35-29)28-30-27(31-34-28)20-8-2-1-3-9-20/h1-12,16,19,24H,13-15,17H2. The first-order valence-electron chi connectivity index (χ1n) is 12.0. The molecule has 6 heteroatoms. The minimum absolute atomic E-state index is 0.00842. The van der Waals surface area contributed by atoms with Crippen LogP contribution in [0.5, 0.6) is 0 Å². The van der Waals surface area contributed by atoms with Crippen molar-refractivity contribution < 1.29 is 4.52 Å². The van der Waals surface area contributed by atoms with Crippen LogP contribution >= 0.6 is 11.8 Å². The molecule has 5 aromatic rings. The third kappa shape index (κ3) is 3.60. The smallest absolute Gasteiger partial charge is 0.252 e. The average Bonchev–Trinajstić information content (AvgIpc) is 3.42. The summed E-state index contributed by atoms with van der Waals surface area (Å²) >= 11 is 1.75. The Balaban J connectivity index is 1.30. The van der Waals surface area contributed by atoms with Crippen LogP contribution in [0.3, 0.4) is 0 Å². The molecule has 7 rings (SSSR count). The zero-order valence-electron chi connectivity index (χ0n) is 19.1. The van der Waals surface area contributed by atoms with Crippen molar-refractivity contribution in [2.75, 3.05) is 5.75 Å². The summed E-state index contributed by atoms with van der Waals surface area (Å²) < 4.78 is 7.57. The average molecular weight is 478 g/mol. The van der Waals surface area contributed by atoms with Gasteiger partial charge in [-0.1, -0.05) is 78.0 Å². The van der Waals surface area contributed by atoms with Crippen molar-refractivity contribution in [1.29, 1.82) is 0 Å². The van der Waals surface area contributed by atoms with E-state index in [1.807, 2.05) is 41.0 Å². The molecular weight excluding hydrogens is 454 g/mol. The lowest BCUT2D eigenvalue weighted by Crippen LogP contribution is -2.26. The number of pyridine rings is 1. The van der Waals surface area contributed by atoms with Crippen molar-refractivity contribution in [3.8, 4) is 11.4 Å². The maximum Gasteiger partial charge on any atom is 0.252 e. The molecule has 1 atom stereocenters. The Hall–Kier alpha value is -3.64. The Morgan fingerprint density at radius 1 is 0.943 bits per heavy atom. The lowest BCUT2D eigenvalue weighted by Gasteiger charge is -2.17. The topological polar surface area (TPSA) is 60.9 Å². The first kappa shape index (κ1) is 20.7. The molecule has 0 amide bonds. The van der Waals surface area contributed by atoms with Crippen molar-refractivity contribution in [2.24, 2.45) is 0 Å². The second-order valence-corrected chi connectivity index (χ2v) is 10.3. The largest absolute Gasteiger partial charge is 0.337 e. The molecule has 0 spiro atoms. The van der Waals surface area contributed by atoms with Crippen LogP contribution < -0.4 is 5.56 Å². The maximum atomic E-state index is 13.5. The Morgan fingerprint density at radius 2 is 1.74 bits per heavy atom. The van der Waals surface area contributed by atoms with Crippen LogP contribution in [0.1, 0.15) is 47.4 Å². The highest BCUT2D eigenvalue weighted by Gasteiger charge is 2.37. The van der Waals surface area contributed by atoms with Crippen molar-refractivity contribution in [3.05, 3.63) is 112 Å². The van der Waals surface area contributed by atoms with Gasteiger partial charge in [0, 0.05) is 17.4 Å². The molecule has 0 bridgehead atoms. The van der Waals surface area contributed by atoms with E-state index in [2.05, 4.69) is 52.6 Å². The predicted octanol–water partition coefficient (Wildman–Crippen LogP) is 6.21. The molecule has 5 nitrogen and oxygen atoms in total. The van der Waals surface area contributed by atoms with E-state index in [9.17, 15) is 4.79 Å². The molecule has 0 saturated heterocycles. The Kier molecular flexibility index (Phi) is 4.87. The summed E-state index contributed by atoms with van der Waals surface area (Å²) in [5.41, 5.74) is 4.67. The van der Waals surface area contributed by atoms with E-state index in [0.717, 1.165) is 28.3 Å². The number of nitrogens with zero attached hydrogens (tertiary/aromatic N) is 3. The number of aromatic nitrogens is 3. The predicted molar refractivity (Wildman–Crippen MR) is 138 cm³/mol. The summed E-state index contributed by atoms with van der Waals surface area (Å²) in [6, 6.07) is 26.3. The van der Waals surface area contributed by atoms with Crippen molar-refractivity contribution in [1.82, 2.24) is 14.7 Å². The highest BCUT2D eigenvalue weighted by Crippen LogP contribution is 2.49. The highest BCUT2D eigenvalue weighted by atomic mass is 32.2. The Morgan fingerprint density at radius 3 is 2.60 bits per heavy atom. The zero-order valence-corrected chi connectivity index (χ0v) is 19.9. The summed E-state index contributed by atoms with van der Waals surface area (Å²) in [6.45, 7) is 0.